The van der Waals surface area contributed by atoms with E-state index < -0.39 is 11.2 Å². The van der Waals surface area contributed by atoms with E-state index in [1.165, 1.54) is 33.4 Å². The first-order chi connectivity index (χ1) is 20.5. The molecule has 43 heavy (non-hydrogen) atoms. The lowest BCUT2D eigenvalue weighted by molar-refractivity contribution is -0.0893. The predicted octanol–water partition coefficient (Wildman–Crippen LogP) is 8.67. The molecule has 0 unspecified atom stereocenters. The van der Waals surface area contributed by atoms with Gasteiger partial charge in [0, 0.05) is 22.5 Å². The van der Waals surface area contributed by atoms with Gasteiger partial charge in [-0.3, -0.25) is 0 Å². The van der Waals surface area contributed by atoms with Crippen molar-refractivity contribution in [2.24, 2.45) is 0 Å². The van der Waals surface area contributed by atoms with E-state index in [1.807, 2.05) is 19.9 Å². The molecule has 0 saturated carbocycles. The van der Waals surface area contributed by atoms with Crippen LogP contribution in [0.15, 0.2) is 121 Å². The number of nitrogens with zero attached hydrogens (tertiary/aromatic N) is 1. The fourth-order valence-electron chi connectivity index (χ4n) is 5.94. The van der Waals surface area contributed by atoms with Crippen molar-refractivity contribution in [3.8, 4) is 22.3 Å². The molecule has 5 aromatic rings. The molecule has 1 N–H and O–H groups in total. The molecule has 5 aromatic carbocycles. The smallest absolute Gasteiger partial charge is 0.309 e. The first-order valence-corrected chi connectivity index (χ1v) is 15.1. The van der Waals surface area contributed by atoms with Crippen LogP contribution in [0.2, 0.25) is 0 Å². The quantitative estimate of drug-likeness (QED) is 0.191. The summed E-state index contributed by atoms with van der Waals surface area (Å²) in [4.78, 5) is 2.33. The largest absolute Gasteiger partial charge is 0.427 e. The maximum Gasteiger partial charge on any atom is 0.309 e. The number of hydrogen-bond acceptors (Lipinski definition) is 3. The number of anilines is 3. The van der Waals surface area contributed by atoms with Crippen LogP contribution in [-0.4, -0.2) is 23.8 Å². The topological polar surface area (TPSA) is 32.7 Å². The average molecular weight is 566 g/mol. The summed E-state index contributed by atoms with van der Waals surface area (Å²) in [6.45, 7) is 12.1. The Morgan fingerprint density at radius 2 is 1.21 bits per heavy atom. The minimum atomic E-state index is -0.966. The zero-order chi connectivity index (χ0) is 30.4. The lowest BCUT2D eigenvalue weighted by atomic mass is 9.82. The number of rotatable bonds is 8. The summed E-state index contributed by atoms with van der Waals surface area (Å²) >= 11 is 0. The van der Waals surface area contributed by atoms with Crippen LogP contribution in [0.3, 0.4) is 0 Å². The molecule has 4 heteroatoms. The average Bonchev–Trinajstić information content (AvgIpc) is 3.23. The van der Waals surface area contributed by atoms with Crippen molar-refractivity contribution >= 4 is 30.0 Å². The Hall–Kier alpha value is -4.12. The van der Waals surface area contributed by atoms with Crippen molar-refractivity contribution in [2.75, 3.05) is 4.90 Å². The molecule has 0 amide bonds. The number of aliphatic hydroxyl groups is 1. The minimum absolute atomic E-state index is 0.0941. The molecule has 1 aliphatic rings. The van der Waals surface area contributed by atoms with Crippen LogP contribution < -0.4 is 10.4 Å². The lowest BCUT2D eigenvalue weighted by Gasteiger charge is -2.37. The second-order valence-corrected chi connectivity index (χ2v) is 13.2. The summed E-state index contributed by atoms with van der Waals surface area (Å²) in [6, 6.07) is 43.5. The number of hydrogen-bond donors (Lipinski definition) is 1. The van der Waals surface area contributed by atoms with Crippen molar-refractivity contribution in [1.29, 1.82) is 0 Å². The summed E-state index contributed by atoms with van der Waals surface area (Å²) in [6.07, 6.45) is 0. The molecular weight excluding hydrogens is 525 g/mol. The highest BCUT2D eigenvalue weighted by atomic mass is 16.5. The van der Waals surface area contributed by atoms with E-state index in [4.69, 9.17) is 4.65 Å². The Morgan fingerprint density at radius 3 is 1.93 bits per heavy atom. The van der Waals surface area contributed by atoms with Gasteiger partial charge in [0.15, 0.2) is 0 Å². The predicted molar refractivity (Wildman–Crippen MR) is 182 cm³/mol. The third kappa shape index (κ3) is 5.42. The highest BCUT2D eigenvalue weighted by Gasteiger charge is 2.37. The first kappa shape index (κ1) is 29.0. The van der Waals surface area contributed by atoms with Crippen LogP contribution >= 0.6 is 0 Å². The Kier molecular flexibility index (Phi) is 7.32. The molecule has 0 aromatic heterocycles. The number of fused-ring (bicyclic) bond motifs is 3. The highest BCUT2D eigenvalue weighted by Crippen LogP contribution is 2.50. The van der Waals surface area contributed by atoms with Crippen LogP contribution in [0, 0.1) is 0 Å². The summed E-state index contributed by atoms with van der Waals surface area (Å²) in [5.41, 5.74) is 10.3. The monoisotopic (exact) mass is 565 g/mol. The third-order valence-corrected chi connectivity index (χ3v) is 9.30. The van der Waals surface area contributed by atoms with E-state index in [0.29, 0.717) is 7.48 Å². The zero-order valence-corrected chi connectivity index (χ0v) is 26.1. The van der Waals surface area contributed by atoms with Gasteiger partial charge < -0.3 is 14.7 Å². The second kappa shape index (κ2) is 10.9. The summed E-state index contributed by atoms with van der Waals surface area (Å²) in [5, 5.41) is 10.6. The van der Waals surface area contributed by atoms with E-state index in [-0.39, 0.29) is 5.41 Å². The van der Waals surface area contributed by atoms with E-state index >= 15 is 0 Å². The van der Waals surface area contributed by atoms with Gasteiger partial charge in [0.1, 0.15) is 0 Å². The minimum Gasteiger partial charge on any atom is -0.427 e. The number of benzene rings is 5. The summed E-state index contributed by atoms with van der Waals surface area (Å²) in [7, 11) is 0.401. The summed E-state index contributed by atoms with van der Waals surface area (Å²) in [5.74, 6) is 0. The molecule has 0 bridgehead atoms. The van der Waals surface area contributed by atoms with Crippen molar-refractivity contribution in [3.05, 3.63) is 132 Å². The molecule has 0 aliphatic heterocycles. The van der Waals surface area contributed by atoms with Crippen molar-refractivity contribution in [3.63, 3.8) is 0 Å². The van der Waals surface area contributed by atoms with E-state index in [2.05, 4.69) is 134 Å². The second-order valence-electron chi connectivity index (χ2n) is 13.2. The summed E-state index contributed by atoms with van der Waals surface area (Å²) < 4.78 is 6.25. The van der Waals surface area contributed by atoms with Crippen LogP contribution in [0.1, 0.15) is 52.7 Å². The van der Waals surface area contributed by atoms with Gasteiger partial charge in [-0.15, -0.1) is 0 Å². The van der Waals surface area contributed by atoms with Gasteiger partial charge in [-0.2, -0.15) is 0 Å². The van der Waals surface area contributed by atoms with Gasteiger partial charge in [0.05, 0.1) is 11.2 Å². The Labute approximate surface area is 257 Å². The Bertz CT molecular complexity index is 1750. The fourth-order valence-corrected chi connectivity index (χ4v) is 5.94. The molecule has 216 valence electrons. The third-order valence-electron chi connectivity index (χ3n) is 9.30. The molecule has 0 heterocycles. The van der Waals surface area contributed by atoms with Gasteiger partial charge in [-0.05, 0) is 97.5 Å². The van der Waals surface area contributed by atoms with E-state index in [9.17, 15) is 5.11 Å². The molecule has 0 atom stereocenters. The van der Waals surface area contributed by atoms with Gasteiger partial charge in [0.25, 0.3) is 0 Å². The normalized spacial score (nSPS) is 13.7. The van der Waals surface area contributed by atoms with Gasteiger partial charge in [-0.1, -0.05) is 104 Å². The fraction of sp³-hybridized carbons (Fsp3) is 0.231. The maximum absolute atomic E-state index is 10.6. The van der Waals surface area contributed by atoms with Crippen LogP contribution in [0.5, 0.6) is 0 Å². The first-order valence-electron chi connectivity index (χ1n) is 15.1. The van der Waals surface area contributed by atoms with Crippen LogP contribution in [0.4, 0.5) is 17.1 Å². The van der Waals surface area contributed by atoms with Crippen LogP contribution in [0.25, 0.3) is 22.3 Å². The molecule has 3 nitrogen and oxygen atoms in total. The molecule has 6 rings (SSSR count). The van der Waals surface area contributed by atoms with Crippen molar-refractivity contribution < 1.29 is 9.76 Å². The molecular formula is C39H40BNO2. The maximum atomic E-state index is 10.6. The van der Waals surface area contributed by atoms with Crippen molar-refractivity contribution in [1.82, 2.24) is 0 Å². The Balaban J connectivity index is 1.42. The highest BCUT2D eigenvalue weighted by molar-refractivity contribution is 6.47. The SMILES string of the molecule is CC1(C)c2ccccc2-c2ccc(N(c3ccc(-c4ccccc4)cc3)c3cccc(BOC(C)(C)C(C)(C)O)c3)cc21. The molecule has 0 spiro atoms. The Morgan fingerprint density at radius 1 is 0.605 bits per heavy atom. The van der Waals surface area contributed by atoms with Crippen LogP contribution in [-0.2, 0) is 10.1 Å². The van der Waals surface area contributed by atoms with Gasteiger partial charge in [-0.25, -0.2) is 0 Å². The molecule has 1 aliphatic carbocycles. The standard InChI is InChI=1S/C39H40BNO2/c1-37(2)35-18-11-10-17-33(35)34-24-23-32(26-36(34)37)41(30-21-19-28(20-22-30)27-13-8-7-9-14-27)31-16-12-15-29(25-31)40-43-39(5,6)38(3,4)42/h7-26,40,42H,1-6H3. The lowest BCUT2D eigenvalue weighted by Crippen LogP contribution is -2.49. The van der Waals surface area contributed by atoms with Gasteiger partial charge in [0.2, 0.25) is 0 Å². The van der Waals surface area contributed by atoms with E-state index in [0.717, 1.165) is 22.5 Å². The molecule has 0 fully saturated rings. The van der Waals surface area contributed by atoms with Gasteiger partial charge >= 0.3 is 7.48 Å². The van der Waals surface area contributed by atoms with E-state index in [1.54, 1.807) is 13.8 Å². The molecule has 0 radical (unpaired) electrons. The zero-order valence-electron chi connectivity index (χ0n) is 26.1. The molecule has 0 saturated heterocycles. The van der Waals surface area contributed by atoms with Crippen molar-refractivity contribution in [2.45, 2.75) is 58.2 Å².